The Kier molecular flexibility index (Phi) is 3.96. The Morgan fingerprint density at radius 1 is 1.11 bits per heavy atom. The molecule has 0 spiro atoms. The van der Waals surface area contributed by atoms with Crippen molar-refractivity contribution in [3.05, 3.63) is 36.4 Å². The first-order valence-electron chi connectivity index (χ1n) is 6.58. The molecule has 0 amide bonds. The van der Waals surface area contributed by atoms with Gasteiger partial charge in [-0.25, -0.2) is 0 Å². The van der Waals surface area contributed by atoms with Crippen LogP contribution in [0.3, 0.4) is 0 Å². The molecule has 3 nitrogen and oxygen atoms in total. The van der Waals surface area contributed by atoms with E-state index in [4.69, 9.17) is 10.5 Å². The molecular formula is C16H22N2O. The van der Waals surface area contributed by atoms with Crippen LogP contribution in [-0.4, -0.2) is 19.2 Å². The number of benzene rings is 2. The summed E-state index contributed by atoms with van der Waals surface area (Å²) in [5.41, 5.74) is 6.97. The molecule has 0 saturated carbocycles. The molecule has 0 bridgehead atoms. The van der Waals surface area contributed by atoms with E-state index in [1.54, 1.807) is 7.11 Å². The van der Waals surface area contributed by atoms with Gasteiger partial charge in [-0.1, -0.05) is 12.1 Å². The van der Waals surface area contributed by atoms with Crippen molar-refractivity contribution in [2.24, 2.45) is 5.73 Å². The van der Waals surface area contributed by atoms with E-state index in [1.807, 2.05) is 26.0 Å². The Bertz CT molecular complexity index is 558. The van der Waals surface area contributed by atoms with Gasteiger partial charge in [0.15, 0.2) is 0 Å². The lowest BCUT2D eigenvalue weighted by molar-refractivity contribution is 0.415. The van der Waals surface area contributed by atoms with Crippen LogP contribution in [0.2, 0.25) is 0 Å². The minimum absolute atomic E-state index is 0.128. The van der Waals surface area contributed by atoms with Crippen LogP contribution in [0.15, 0.2) is 36.4 Å². The molecule has 3 N–H and O–H groups in total. The van der Waals surface area contributed by atoms with E-state index >= 15 is 0 Å². The van der Waals surface area contributed by atoms with Crippen LogP contribution in [0.5, 0.6) is 5.75 Å². The zero-order valence-electron chi connectivity index (χ0n) is 11.9. The summed E-state index contributed by atoms with van der Waals surface area (Å²) in [5, 5.41) is 5.80. The summed E-state index contributed by atoms with van der Waals surface area (Å²) in [7, 11) is 1.69. The third-order valence-electron chi connectivity index (χ3n) is 3.15. The molecule has 0 heterocycles. The van der Waals surface area contributed by atoms with Crippen molar-refractivity contribution < 1.29 is 4.74 Å². The van der Waals surface area contributed by atoms with Crippen LogP contribution in [0.4, 0.5) is 5.69 Å². The zero-order chi connectivity index (χ0) is 13.9. The van der Waals surface area contributed by atoms with Gasteiger partial charge < -0.3 is 15.8 Å². The number of nitrogens with one attached hydrogen (secondary N) is 1. The standard InChI is InChI=1S/C16H22N2O/c1-16(2,17)8-9-18-14-6-4-13-11-15(19-3)7-5-12(13)10-14/h4-7,10-11,18H,8-9,17H2,1-3H3. The van der Waals surface area contributed by atoms with Gasteiger partial charge in [-0.3, -0.25) is 0 Å². The Morgan fingerprint density at radius 3 is 2.47 bits per heavy atom. The molecule has 2 aromatic carbocycles. The van der Waals surface area contributed by atoms with E-state index in [-0.39, 0.29) is 5.54 Å². The topological polar surface area (TPSA) is 47.3 Å². The molecule has 0 aliphatic rings. The van der Waals surface area contributed by atoms with Crippen molar-refractivity contribution in [1.29, 1.82) is 0 Å². The van der Waals surface area contributed by atoms with Crippen molar-refractivity contribution in [2.75, 3.05) is 19.0 Å². The number of nitrogens with two attached hydrogens (primary N) is 1. The highest BCUT2D eigenvalue weighted by atomic mass is 16.5. The molecular weight excluding hydrogens is 236 g/mol. The summed E-state index contributed by atoms with van der Waals surface area (Å²) < 4.78 is 5.23. The Morgan fingerprint density at radius 2 is 1.79 bits per heavy atom. The molecule has 0 aromatic heterocycles. The zero-order valence-corrected chi connectivity index (χ0v) is 11.9. The van der Waals surface area contributed by atoms with Crippen LogP contribution in [0.25, 0.3) is 10.8 Å². The fourth-order valence-electron chi connectivity index (χ4n) is 1.99. The predicted molar refractivity (Wildman–Crippen MR) is 81.9 cm³/mol. The second-order valence-electron chi connectivity index (χ2n) is 5.59. The molecule has 3 heteroatoms. The van der Waals surface area contributed by atoms with Gasteiger partial charge >= 0.3 is 0 Å². The van der Waals surface area contributed by atoms with Gasteiger partial charge in [-0.15, -0.1) is 0 Å². The van der Waals surface area contributed by atoms with E-state index in [0.717, 1.165) is 24.4 Å². The third kappa shape index (κ3) is 3.86. The summed E-state index contributed by atoms with van der Waals surface area (Å²) in [6.07, 6.45) is 0.938. The SMILES string of the molecule is COc1ccc2cc(NCCC(C)(C)N)ccc2c1. The maximum atomic E-state index is 5.97. The highest BCUT2D eigenvalue weighted by Crippen LogP contribution is 2.23. The number of fused-ring (bicyclic) bond motifs is 1. The summed E-state index contributed by atoms with van der Waals surface area (Å²) in [4.78, 5) is 0. The van der Waals surface area contributed by atoms with E-state index in [0.29, 0.717) is 0 Å². The summed E-state index contributed by atoms with van der Waals surface area (Å²) in [6, 6.07) is 12.4. The number of hydrogen-bond donors (Lipinski definition) is 2. The van der Waals surface area contributed by atoms with Crippen molar-refractivity contribution in [3.8, 4) is 5.75 Å². The monoisotopic (exact) mass is 258 g/mol. The summed E-state index contributed by atoms with van der Waals surface area (Å²) in [5.74, 6) is 0.887. The van der Waals surface area contributed by atoms with Gasteiger partial charge in [0, 0.05) is 17.8 Å². The minimum atomic E-state index is -0.128. The molecule has 0 unspecified atom stereocenters. The Hall–Kier alpha value is -1.74. The molecule has 2 aromatic rings. The number of ether oxygens (including phenoxy) is 1. The van der Waals surface area contributed by atoms with Gasteiger partial charge in [0.25, 0.3) is 0 Å². The highest BCUT2D eigenvalue weighted by Gasteiger charge is 2.09. The number of rotatable bonds is 5. The quantitative estimate of drug-likeness (QED) is 0.864. The van der Waals surface area contributed by atoms with E-state index < -0.39 is 0 Å². The summed E-state index contributed by atoms with van der Waals surface area (Å²) in [6.45, 7) is 4.97. The second-order valence-corrected chi connectivity index (χ2v) is 5.59. The number of hydrogen-bond acceptors (Lipinski definition) is 3. The smallest absolute Gasteiger partial charge is 0.119 e. The second kappa shape index (κ2) is 5.49. The maximum Gasteiger partial charge on any atom is 0.119 e. The fraction of sp³-hybridized carbons (Fsp3) is 0.375. The van der Waals surface area contributed by atoms with Crippen molar-refractivity contribution >= 4 is 16.5 Å². The molecule has 0 radical (unpaired) electrons. The van der Waals surface area contributed by atoms with Crippen molar-refractivity contribution in [3.63, 3.8) is 0 Å². The van der Waals surface area contributed by atoms with Gasteiger partial charge in [0.2, 0.25) is 0 Å². The molecule has 102 valence electrons. The molecule has 0 fully saturated rings. The lowest BCUT2D eigenvalue weighted by atomic mass is 10.0. The van der Waals surface area contributed by atoms with E-state index in [9.17, 15) is 0 Å². The lowest BCUT2D eigenvalue weighted by Crippen LogP contribution is -2.34. The molecule has 19 heavy (non-hydrogen) atoms. The van der Waals surface area contributed by atoms with Gasteiger partial charge in [-0.2, -0.15) is 0 Å². The molecule has 0 aliphatic carbocycles. The maximum absolute atomic E-state index is 5.97. The molecule has 2 rings (SSSR count). The Balaban J connectivity index is 2.09. The van der Waals surface area contributed by atoms with Crippen LogP contribution < -0.4 is 15.8 Å². The van der Waals surface area contributed by atoms with Gasteiger partial charge in [0.1, 0.15) is 5.75 Å². The third-order valence-corrected chi connectivity index (χ3v) is 3.15. The van der Waals surface area contributed by atoms with E-state index in [1.165, 1.54) is 10.8 Å². The van der Waals surface area contributed by atoms with Crippen LogP contribution in [-0.2, 0) is 0 Å². The largest absolute Gasteiger partial charge is 0.497 e. The Labute approximate surface area is 114 Å². The molecule has 0 saturated heterocycles. The van der Waals surface area contributed by atoms with Crippen LogP contribution in [0, 0.1) is 0 Å². The normalized spacial score (nSPS) is 11.6. The van der Waals surface area contributed by atoms with Crippen LogP contribution in [0.1, 0.15) is 20.3 Å². The average molecular weight is 258 g/mol. The van der Waals surface area contributed by atoms with Gasteiger partial charge in [-0.05, 0) is 55.3 Å². The number of methoxy groups -OCH3 is 1. The van der Waals surface area contributed by atoms with Gasteiger partial charge in [0.05, 0.1) is 7.11 Å². The first-order chi connectivity index (χ1) is 8.98. The molecule has 0 aliphatic heterocycles. The van der Waals surface area contributed by atoms with E-state index in [2.05, 4.69) is 29.6 Å². The minimum Gasteiger partial charge on any atom is -0.497 e. The summed E-state index contributed by atoms with van der Waals surface area (Å²) >= 11 is 0. The van der Waals surface area contributed by atoms with Crippen molar-refractivity contribution in [2.45, 2.75) is 25.8 Å². The number of anilines is 1. The van der Waals surface area contributed by atoms with Crippen LogP contribution >= 0.6 is 0 Å². The molecule has 0 atom stereocenters. The first kappa shape index (κ1) is 13.7. The highest BCUT2D eigenvalue weighted by molar-refractivity contribution is 5.86. The average Bonchev–Trinajstić information content (AvgIpc) is 2.36. The first-order valence-corrected chi connectivity index (χ1v) is 6.58. The van der Waals surface area contributed by atoms with Crippen molar-refractivity contribution in [1.82, 2.24) is 0 Å². The predicted octanol–water partition coefficient (Wildman–Crippen LogP) is 3.39. The lowest BCUT2D eigenvalue weighted by Gasteiger charge is -2.18. The fourth-order valence-corrected chi connectivity index (χ4v) is 1.99.